The molecule has 0 bridgehead atoms. The summed E-state index contributed by atoms with van der Waals surface area (Å²) < 4.78 is 22.2. The second-order valence-electron chi connectivity index (χ2n) is 20.9. The van der Waals surface area contributed by atoms with Gasteiger partial charge in [0.05, 0.1) is 71.9 Å². The molecule has 0 radical (unpaired) electrons. The number of benzene rings is 2. The van der Waals surface area contributed by atoms with Crippen molar-refractivity contribution in [2.45, 2.75) is 95.9 Å². The first-order valence-electron chi connectivity index (χ1n) is 26.3. The third-order valence-electron chi connectivity index (χ3n) is 15.8. The van der Waals surface area contributed by atoms with Crippen molar-refractivity contribution in [1.82, 2.24) is 89.4 Å². The van der Waals surface area contributed by atoms with Gasteiger partial charge in [0.2, 0.25) is 0 Å². The lowest BCUT2D eigenvalue weighted by Gasteiger charge is -2.40. The maximum absolute atomic E-state index is 12.3. The van der Waals surface area contributed by atoms with Gasteiger partial charge in [-0.2, -0.15) is 20.4 Å². The predicted molar refractivity (Wildman–Crippen MR) is 297 cm³/mol. The molecule has 4 N–H and O–H groups in total. The number of phenols is 1. The molecule has 0 amide bonds. The van der Waals surface area contributed by atoms with Gasteiger partial charge in [0.25, 0.3) is 0 Å². The summed E-state index contributed by atoms with van der Waals surface area (Å²) in [6.07, 6.45) is 18.4. The molecule has 392 valence electrons. The van der Waals surface area contributed by atoms with Crippen molar-refractivity contribution in [1.29, 1.82) is 0 Å². The van der Waals surface area contributed by atoms with E-state index in [4.69, 9.17) is 54.4 Å². The van der Waals surface area contributed by atoms with E-state index in [0.717, 1.165) is 139 Å². The molecule has 15 rings (SSSR count). The molecule has 3 saturated heterocycles. The van der Waals surface area contributed by atoms with E-state index >= 15 is 0 Å². The zero-order valence-corrected chi connectivity index (χ0v) is 45.4. The number of aryl methyl sites for hydroxylation is 4. The SMILES string of the molecule is COc1c(-c2nc3cn(C4CCNC(C5CC(n6cc7nc(-c8cc9oc(C)nc9c(Cc9nc(-c%10nc%11cn(C%12CCNCC%12)nc%11s%10)cn%10cc(C)nc9%10)c8O)sc7n6)CCN5)C4)nc3s2)cc2cn(C)nc2c1C. The second-order valence-corrected chi connectivity index (χ2v) is 23.9. The molecule has 13 heterocycles. The van der Waals surface area contributed by atoms with Crippen molar-refractivity contribution in [3.05, 3.63) is 77.7 Å². The van der Waals surface area contributed by atoms with Crippen LogP contribution in [0.1, 0.15) is 85.1 Å². The Bertz CT molecular complexity index is 4180. The molecule has 77 heavy (non-hydrogen) atoms. The average molecular weight is 1090 g/mol. The molecule has 3 aliphatic rings. The number of imidazole rings is 1. The molecule has 2 aromatic carbocycles. The Balaban J connectivity index is 0.668. The van der Waals surface area contributed by atoms with Crippen LogP contribution in [0.2, 0.25) is 0 Å². The maximum atomic E-state index is 12.3. The van der Waals surface area contributed by atoms with Gasteiger partial charge in [-0.05, 0) is 90.7 Å². The maximum Gasteiger partial charge on any atom is 0.192 e. The van der Waals surface area contributed by atoms with E-state index in [1.54, 1.807) is 18.4 Å². The van der Waals surface area contributed by atoms with Crippen LogP contribution in [-0.4, -0.2) is 124 Å². The van der Waals surface area contributed by atoms with Gasteiger partial charge in [-0.15, -0.1) is 0 Å². The highest BCUT2D eigenvalue weighted by atomic mass is 32.1. The van der Waals surface area contributed by atoms with Crippen LogP contribution in [0.15, 0.2) is 53.7 Å². The number of methoxy groups -OCH3 is 1. The molecular weight excluding hydrogens is 1030 g/mol. The Hall–Kier alpha value is -7.22. The fourth-order valence-electron chi connectivity index (χ4n) is 12.1. The minimum absolute atomic E-state index is 0.0773. The van der Waals surface area contributed by atoms with Crippen LogP contribution in [0.4, 0.5) is 0 Å². The minimum Gasteiger partial charge on any atom is -0.507 e. The molecule has 4 unspecified atom stereocenters. The monoisotopic (exact) mass is 1090 g/mol. The summed E-state index contributed by atoms with van der Waals surface area (Å²) in [5.74, 6) is 1.37. The summed E-state index contributed by atoms with van der Waals surface area (Å²) in [4.78, 5) is 32.7. The lowest BCUT2D eigenvalue weighted by molar-refractivity contribution is 0.191. The Morgan fingerprint density at radius 2 is 1.27 bits per heavy atom. The highest BCUT2D eigenvalue weighted by Crippen LogP contribution is 2.44. The third kappa shape index (κ3) is 8.08. The smallest absolute Gasteiger partial charge is 0.192 e. The quantitative estimate of drug-likeness (QED) is 0.100. The summed E-state index contributed by atoms with van der Waals surface area (Å²) in [5.41, 5.74) is 10.7. The van der Waals surface area contributed by atoms with E-state index in [1.807, 2.05) is 54.6 Å². The van der Waals surface area contributed by atoms with Gasteiger partial charge >= 0.3 is 0 Å². The molecule has 0 spiro atoms. The molecule has 12 aromatic rings. The topological polar surface area (TPSA) is 232 Å². The predicted octanol–water partition coefficient (Wildman–Crippen LogP) is 8.62. The molecule has 4 atom stereocenters. The van der Waals surface area contributed by atoms with Crippen LogP contribution in [0.5, 0.6) is 11.5 Å². The Kier molecular flexibility index (Phi) is 11.1. The molecule has 10 aromatic heterocycles. The van der Waals surface area contributed by atoms with Gasteiger partial charge in [0.15, 0.2) is 31.6 Å². The van der Waals surface area contributed by atoms with Crippen molar-refractivity contribution in [2.75, 3.05) is 33.3 Å². The van der Waals surface area contributed by atoms with Crippen LogP contribution in [-0.2, 0) is 13.5 Å². The standard InChI is InChI=1S/C53H54N18O3S3/c1-25-19-68-21-38(50-62-41-22-69(64-53(41)77-50)29-6-10-54-11-7-29)59-37(47(68)57-25)17-32-44-42(74-27(3)58-44)18-33(45(32)72)48-60-39-23-70(65-51(39)75-48)30-8-12-55-35(15-30)36-16-31(9-13-56-36)71-24-40-52(66-71)76-49(61-40)34-14-28-20-67(4)63-43(28)26(2)46(34)73-5/h14,18-24,29-31,35-36,54-56,72H,6-13,15-17H2,1-5H3. The number of aromatic nitrogens is 15. The first-order valence-corrected chi connectivity index (χ1v) is 28.7. The molecule has 0 aliphatic carbocycles. The number of hydrogen-bond donors (Lipinski definition) is 4. The van der Waals surface area contributed by atoms with Crippen molar-refractivity contribution < 1.29 is 14.3 Å². The normalized spacial score (nSPS) is 19.9. The number of oxazole rings is 1. The van der Waals surface area contributed by atoms with Crippen LogP contribution in [0, 0.1) is 20.8 Å². The summed E-state index contributed by atoms with van der Waals surface area (Å²) in [7, 11) is 3.65. The zero-order chi connectivity index (χ0) is 51.8. The van der Waals surface area contributed by atoms with E-state index in [1.165, 1.54) is 22.7 Å². The Morgan fingerprint density at radius 3 is 1.92 bits per heavy atom. The highest BCUT2D eigenvalue weighted by molar-refractivity contribution is 7.22. The van der Waals surface area contributed by atoms with Crippen LogP contribution in [0.25, 0.3) is 90.5 Å². The number of nitrogens with zero attached hydrogens (tertiary/aromatic N) is 15. The molecule has 3 aliphatic heterocycles. The third-order valence-corrected chi connectivity index (χ3v) is 18.8. The van der Waals surface area contributed by atoms with Crippen molar-refractivity contribution in [3.8, 4) is 43.3 Å². The first-order chi connectivity index (χ1) is 37.5. The van der Waals surface area contributed by atoms with Crippen LogP contribution in [0.3, 0.4) is 0 Å². The summed E-state index contributed by atoms with van der Waals surface area (Å²) in [6.45, 7) is 9.61. The molecule has 3 fully saturated rings. The Morgan fingerprint density at radius 1 is 0.662 bits per heavy atom. The fourth-order valence-corrected chi connectivity index (χ4v) is 14.9. The van der Waals surface area contributed by atoms with E-state index in [-0.39, 0.29) is 36.3 Å². The number of ether oxygens (including phenoxy) is 1. The van der Waals surface area contributed by atoms with Gasteiger partial charge in [-0.3, -0.25) is 18.7 Å². The van der Waals surface area contributed by atoms with E-state index < -0.39 is 0 Å². The first kappa shape index (κ1) is 47.0. The van der Waals surface area contributed by atoms with E-state index in [9.17, 15) is 5.11 Å². The van der Waals surface area contributed by atoms with Gasteiger partial charge in [0.1, 0.15) is 54.3 Å². The number of aromatic hydroxyl groups is 1. The minimum atomic E-state index is 0.0773. The molecule has 24 heteroatoms. The lowest BCUT2D eigenvalue weighted by Crippen LogP contribution is -2.55. The number of hydrogen-bond acceptors (Lipinski definition) is 19. The van der Waals surface area contributed by atoms with Gasteiger partial charge in [0, 0.05) is 67.6 Å². The van der Waals surface area contributed by atoms with Gasteiger partial charge < -0.3 is 34.6 Å². The highest BCUT2D eigenvalue weighted by Gasteiger charge is 2.35. The number of nitrogens with one attached hydrogen (secondary N) is 3. The summed E-state index contributed by atoms with van der Waals surface area (Å²) in [6, 6.07) is 5.30. The van der Waals surface area contributed by atoms with Gasteiger partial charge in [-0.25, -0.2) is 29.9 Å². The van der Waals surface area contributed by atoms with Crippen LogP contribution < -0.4 is 20.7 Å². The number of piperidine rings is 3. The largest absolute Gasteiger partial charge is 0.507 e. The van der Waals surface area contributed by atoms with E-state index in [0.29, 0.717) is 56.2 Å². The Labute approximate surface area is 451 Å². The summed E-state index contributed by atoms with van der Waals surface area (Å²) in [5, 5.41) is 46.7. The molecule has 21 nitrogen and oxygen atoms in total. The van der Waals surface area contributed by atoms with Crippen molar-refractivity contribution >= 4 is 92.7 Å². The second kappa shape index (κ2) is 18.2. The van der Waals surface area contributed by atoms with Crippen molar-refractivity contribution in [2.24, 2.45) is 7.05 Å². The van der Waals surface area contributed by atoms with Crippen molar-refractivity contribution in [3.63, 3.8) is 0 Å². The molecular formula is C53H54N18O3S3. The van der Waals surface area contributed by atoms with Gasteiger partial charge in [-0.1, -0.05) is 34.0 Å². The molecule has 0 saturated carbocycles. The van der Waals surface area contributed by atoms with E-state index in [2.05, 4.69) is 66.7 Å². The number of fused-ring (bicyclic) bond motifs is 6. The summed E-state index contributed by atoms with van der Waals surface area (Å²) >= 11 is 4.60. The average Bonchev–Trinajstić information content (AvgIpc) is 4.38. The number of phenolic OH excluding ortho intramolecular Hbond substituents is 1. The lowest BCUT2D eigenvalue weighted by atomic mass is 9.87. The zero-order valence-electron chi connectivity index (χ0n) is 43.0. The number of rotatable bonds is 10. The van der Waals surface area contributed by atoms with Crippen LogP contribution >= 0.6 is 34.0 Å². The fraction of sp³-hybridized carbons (Fsp3) is 0.396. The number of thiazole rings is 3.